The molecule has 2 aliphatic rings. The van der Waals surface area contributed by atoms with Crippen molar-refractivity contribution in [1.82, 2.24) is 9.88 Å². The highest BCUT2D eigenvalue weighted by atomic mass is 35.5. The summed E-state index contributed by atoms with van der Waals surface area (Å²) in [5, 5.41) is 2.28. The second kappa shape index (κ2) is 6.33. The maximum absolute atomic E-state index is 12.8. The van der Waals surface area contributed by atoms with Crippen LogP contribution in [-0.2, 0) is 22.5 Å². The number of hydrogen-bond donors (Lipinski definition) is 1. The molecule has 3 heterocycles. The molecule has 7 heteroatoms. The van der Waals surface area contributed by atoms with Crippen LogP contribution in [-0.4, -0.2) is 40.3 Å². The molecule has 1 aromatic heterocycles. The third-order valence-corrected chi connectivity index (χ3v) is 5.23. The zero-order chi connectivity index (χ0) is 17.5. The Morgan fingerprint density at radius 2 is 1.92 bits per heavy atom. The number of carbonyl (C=O) groups excluding carboxylic acids is 3. The fourth-order valence-electron chi connectivity index (χ4n) is 3.66. The molecule has 0 bridgehead atoms. The number of Topliss-reactive ketones (excluding diaryl/α,β-unsaturated/α-hetero) is 1. The number of nitrogens with one attached hydrogen (secondary N) is 1. The monoisotopic (exact) mass is 352 g/mol. The van der Waals surface area contributed by atoms with Gasteiger partial charge in [-0.05, 0) is 56.7 Å². The molecule has 1 aromatic rings. The lowest BCUT2D eigenvalue weighted by atomic mass is 9.92. The maximum Gasteiger partial charge on any atom is 0.294 e. The summed E-state index contributed by atoms with van der Waals surface area (Å²) in [7, 11) is 0. The van der Waals surface area contributed by atoms with Crippen LogP contribution in [0.2, 0.25) is 0 Å². The van der Waals surface area contributed by atoms with Crippen molar-refractivity contribution in [3.63, 3.8) is 0 Å². The van der Waals surface area contributed by atoms with Crippen molar-refractivity contribution in [2.45, 2.75) is 51.6 Å². The van der Waals surface area contributed by atoms with Crippen molar-refractivity contribution >= 4 is 28.5 Å². The minimum absolute atomic E-state index is 0.291. The molecule has 130 valence electrons. The Balaban J connectivity index is 1.89. The highest BCUT2D eigenvalue weighted by molar-refractivity contribution is 6.68. The van der Waals surface area contributed by atoms with Crippen molar-refractivity contribution in [2.24, 2.45) is 0 Å². The number of amides is 1. The van der Waals surface area contributed by atoms with E-state index >= 15 is 0 Å². The minimum Gasteiger partial charge on any atom is -0.381 e. The number of halogens is 1. The van der Waals surface area contributed by atoms with Gasteiger partial charge in [0.1, 0.15) is 0 Å². The first-order valence-electron chi connectivity index (χ1n) is 8.20. The van der Waals surface area contributed by atoms with Crippen LogP contribution < -0.4 is 5.32 Å². The van der Waals surface area contributed by atoms with Crippen LogP contribution in [0.15, 0.2) is 0 Å². The number of nitrogens with zero attached hydrogens (tertiary/aromatic N) is 1. The summed E-state index contributed by atoms with van der Waals surface area (Å²) in [5.41, 5.74) is 1.50. The van der Waals surface area contributed by atoms with Gasteiger partial charge in [-0.1, -0.05) is 0 Å². The zero-order valence-corrected chi connectivity index (χ0v) is 14.7. The second-order valence-electron chi connectivity index (χ2n) is 6.78. The predicted molar refractivity (Wildman–Crippen MR) is 88.6 cm³/mol. The molecule has 0 saturated carbocycles. The first-order valence-corrected chi connectivity index (χ1v) is 8.58. The van der Waals surface area contributed by atoms with E-state index in [4.69, 9.17) is 16.3 Å². The normalized spacial score (nSPS) is 19.0. The lowest BCUT2D eigenvalue weighted by Gasteiger charge is -2.34. The molecule has 1 fully saturated rings. The summed E-state index contributed by atoms with van der Waals surface area (Å²) >= 11 is 5.69. The lowest BCUT2D eigenvalue weighted by molar-refractivity contribution is -0.119. The summed E-state index contributed by atoms with van der Waals surface area (Å²) < 4.78 is 7.09. The van der Waals surface area contributed by atoms with E-state index in [2.05, 4.69) is 5.32 Å². The molecule has 3 rings (SSSR count). The molecule has 0 radical (unpaired) electrons. The van der Waals surface area contributed by atoms with Gasteiger partial charge in [0, 0.05) is 31.0 Å². The van der Waals surface area contributed by atoms with Crippen molar-refractivity contribution in [3.8, 4) is 0 Å². The van der Waals surface area contributed by atoms with Crippen LogP contribution >= 0.6 is 11.6 Å². The highest BCUT2D eigenvalue weighted by Crippen LogP contribution is 2.30. The SMILES string of the molecule is Cc1c(C(=O)Cl)c2n(c1C(=O)C(=O)NC1(C)CCOCC1)CCC2. The number of ether oxygens (including phenoxy) is 1. The van der Waals surface area contributed by atoms with E-state index in [9.17, 15) is 14.4 Å². The smallest absolute Gasteiger partial charge is 0.294 e. The molecule has 0 unspecified atom stereocenters. The number of carbonyl (C=O) groups is 3. The molecule has 24 heavy (non-hydrogen) atoms. The van der Waals surface area contributed by atoms with E-state index in [1.165, 1.54) is 0 Å². The van der Waals surface area contributed by atoms with Gasteiger partial charge in [0.2, 0.25) is 0 Å². The molecule has 0 atom stereocenters. The molecular weight excluding hydrogens is 332 g/mol. The average molecular weight is 353 g/mol. The molecule has 6 nitrogen and oxygen atoms in total. The summed E-state index contributed by atoms with van der Waals surface area (Å²) in [6, 6.07) is 0. The summed E-state index contributed by atoms with van der Waals surface area (Å²) in [6.45, 7) is 5.35. The van der Waals surface area contributed by atoms with Gasteiger partial charge in [-0.3, -0.25) is 14.4 Å². The van der Waals surface area contributed by atoms with E-state index in [0.29, 0.717) is 55.8 Å². The summed E-state index contributed by atoms with van der Waals surface area (Å²) in [6.07, 6.45) is 2.87. The zero-order valence-electron chi connectivity index (χ0n) is 13.9. The lowest BCUT2D eigenvalue weighted by Crippen LogP contribution is -2.51. The number of ketones is 1. The molecule has 1 N–H and O–H groups in total. The quantitative estimate of drug-likeness (QED) is 0.510. The van der Waals surface area contributed by atoms with E-state index in [1.54, 1.807) is 11.5 Å². The van der Waals surface area contributed by atoms with Crippen LogP contribution in [0.3, 0.4) is 0 Å². The standard InChI is InChI=1S/C17H21ClN2O4/c1-10-12(15(18)22)11-4-3-7-20(11)13(10)14(21)16(23)19-17(2)5-8-24-9-6-17/h3-9H2,1-2H3,(H,19,23). The van der Waals surface area contributed by atoms with Crippen LogP contribution in [0.4, 0.5) is 0 Å². The molecule has 0 aliphatic carbocycles. The molecule has 0 aromatic carbocycles. The van der Waals surface area contributed by atoms with Gasteiger partial charge in [-0.15, -0.1) is 0 Å². The third-order valence-electron chi connectivity index (χ3n) is 5.04. The van der Waals surface area contributed by atoms with Gasteiger partial charge in [-0.25, -0.2) is 0 Å². The van der Waals surface area contributed by atoms with Gasteiger partial charge >= 0.3 is 0 Å². The Hall–Kier alpha value is -1.66. The molecular formula is C17H21ClN2O4. The van der Waals surface area contributed by atoms with Crippen molar-refractivity contribution in [1.29, 1.82) is 0 Å². The van der Waals surface area contributed by atoms with E-state index in [-0.39, 0.29) is 0 Å². The summed E-state index contributed by atoms with van der Waals surface area (Å²) in [4.78, 5) is 37.0. The predicted octanol–water partition coefficient (Wildman–Crippen LogP) is 1.99. The van der Waals surface area contributed by atoms with E-state index < -0.39 is 22.5 Å². The Kier molecular flexibility index (Phi) is 4.53. The number of aromatic nitrogens is 1. The Morgan fingerprint density at radius 3 is 2.54 bits per heavy atom. The largest absolute Gasteiger partial charge is 0.381 e. The first kappa shape index (κ1) is 17.2. The van der Waals surface area contributed by atoms with E-state index in [1.807, 2.05) is 6.92 Å². The number of fused-ring (bicyclic) bond motifs is 1. The van der Waals surface area contributed by atoms with Crippen LogP contribution in [0.5, 0.6) is 0 Å². The van der Waals surface area contributed by atoms with Gasteiger partial charge in [0.25, 0.3) is 16.9 Å². The molecule has 1 saturated heterocycles. The van der Waals surface area contributed by atoms with Gasteiger partial charge in [-0.2, -0.15) is 0 Å². The number of rotatable bonds is 4. The van der Waals surface area contributed by atoms with Crippen molar-refractivity contribution < 1.29 is 19.1 Å². The van der Waals surface area contributed by atoms with Gasteiger partial charge < -0.3 is 14.6 Å². The fraction of sp³-hybridized carbons (Fsp3) is 0.588. The van der Waals surface area contributed by atoms with Crippen LogP contribution in [0, 0.1) is 6.92 Å². The third kappa shape index (κ3) is 2.89. The average Bonchev–Trinajstić information content (AvgIpc) is 3.05. The van der Waals surface area contributed by atoms with Crippen molar-refractivity contribution in [2.75, 3.05) is 13.2 Å². The highest BCUT2D eigenvalue weighted by Gasteiger charge is 2.36. The number of hydrogen-bond acceptors (Lipinski definition) is 4. The maximum atomic E-state index is 12.8. The molecule has 0 spiro atoms. The van der Waals surface area contributed by atoms with Crippen LogP contribution in [0.1, 0.15) is 58.3 Å². The van der Waals surface area contributed by atoms with Crippen molar-refractivity contribution in [3.05, 3.63) is 22.5 Å². The first-order chi connectivity index (χ1) is 11.3. The van der Waals surface area contributed by atoms with Gasteiger partial charge in [0.05, 0.1) is 11.3 Å². The Morgan fingerprint density at radius 1 is 1.25 bits per heavy atom. The topological polar surface area (TPSA) is 77.4 Å². The summed E-state index contributed by atoms with van der Waals surface area (Å²) in [5.74, 6) is -1.24. The fourth-order valence-corrected chi connectivity index (χ4v) is 3.91. The Bertz CT molecular complexity index is 717. The second-order valence-corrected chi connectivity index (χ2v) is 7.12. The molecule has 2 aliphatic heterocycles. The van der Waals surface area contributed by atoms with Gasteiger partial charge in [0.15, 0.2) is 0 Å². The van der Waals surface area contributed by atoms with Crippen LogP contribution in [0.25, 0.3) is 0 Å². The Labute approximate surface area is 145 Å². The minimum atomic E-state index is -0.636. The van der Waals surface area contributed by atoms with E-state index in [0.717, 1.165) is 12.1 Å². The molecule has 1 amide bonds.